The van der Waals surface area contributed by atoms with Crippen molar-refractivity contribution in [3.05, 3.63) is 53.1 Å². The van der Waals surface area contributed by atoms with Crippen LogP contribution in [0.5, 0.6) is 5.75 Å². The lowest BCUT2D eigenvalue weighted by molar-refractivity contribution is 0.102. The SMILES string of the molecule is CCCCS(=O)(=O)c1ccccc1NC(=O)c1cc(C(C)(C)C)c(O)c(C(C)(C)C)c1. The van der Waals surface area contributed by atoms with E-state index in [9.17, 15) is 18.3 Å². The van der Waals surface area contributed by atoms with Crippen LogP contribution in [0.3, 0.4) is 0 Å². The van der Waals surface area contributed by atoms with Crippen LogP contribution in [0.15, 0.2) is 41.3 Å². The lowest BCUT2D eigenvalue weighted by atomic mass is 9.78. The molecule has 0 saturated heterocycles. The van der Waals surface area contributed by atoms with Crippen molar-refractivity contribution in [2.75, 3.05) is 11.1 Å². The molecule has 0 spiro atoms. The number of anilines is 1. The van der Waals surface area contributed by atoms with Gasteiger partial charge in [-0.2, -0.15) is 0 Å². The number of nitrogens with one attached hydrogen (secondary N) is 1. The topological polar surface area (TPSA) is 83.5 Å². The lowest BCUT2D eigenvalue weighted by Crippen LogP contribution is -2.21. The predicted molar refractivity (Wildman–Crippen MR) is 127 cm³/mol. The number of aromatic hydroxyl groups is 1. The number of hydrogen-bond acceptors (Lipinski definition) is 4. The van der Waals surface area contributed by atoms with Gasteiger partial charge in [0.15, 0.2) is 9.84 Å². The Morgan fingerprint density at radius 2 is 1.48 bits per heavy atom. The Kier molecular flexibility index (Phi) is 7.26. The molecule has 2 aromatic carbocycles. The van der Waals surface area contributed by atoms with Crippen molar-refractivity contribution < 1.29 is 18.3 Å². The summed E-state index contributed by atoms with van der Waals surface area (Å²) in [5, 5.41) is 13.7. The van der Waals surface area contributed by atoms with E-state index in [1.54, 1.807) is 30.3 Å². The number of para-hydroxylation sites is 1. The summed E-state index contributed by atoms with van der Waals surface area (Å²) in [6.45, 7) is 13.8. The van der Waals surface area contributed by atoms with Crippen molar-refractivity contribution in [1.82, 2.24) is 0 Å². The van der Waals surface area contributed by atoms with Crippen molar-refractivity contribution in [1.29, 1.82) is 0 Å². The monoisotopic (exact) mass is 445 g/mol. The molecular formula is C25H35NO4S. The van der Waals surface area contributed by atoms with Gasteiger partial charge in [-0.3, -0.25) is 4.79 Å². The Labute approximate surface area is 186 Å². The molecule has 6 heteroatoms. The van der Waals surface area contributed by atoms with Gasteiger partial charge in [-0.1, -0.05) is 67.0 Å². The van der Waals surface area contributed by atoms with Crippen molar-refractivity contribution in [3.8, 4) is 5.75 Å². The number of carbonyl (C=O) groups is 1. The van der Waals surface area contributed by atoms with Gasteiger partial charge in [-0.15, -0.1) is 0 Å². The summed E-state index contributed by atoms with van der Waals surface area (Å²) < 4.78 is 25.5. The maximum atomic E-state index is 13.2. The fraction of sp³-hybridized carbons (Fsp3) is 0.480. The van der Waals surface area contributed by atoms with E-state index in [-0.39, 0.29) is 32.9 Å². The Bertz CT molecular complexity index is 1020. The molecule has 0 aliphatic rings. The van der Waals surface area contributed by atoms with Crippen LogP contribution in [-0.2, 0) is 20.7 Å². The van der Waals surface area contributed by atoms with Crippen LogP contribution in [0.4, 0.5) is 5.69 Å². The first kappa shape index (κ1) is 24.9. The normalized spacial score (nSPS) is 12.6. The largest absolute Gasteiger partial charge is 0.507 e. The van der Waals surface area contributed by atoms with Gasteiger partial charge in [-0.25, -0.2) is 8.42 Å². The molecule has 2 aromatic rings. The third kappa shape index (κ3) is 5.88. The number of sulfone groups is 1. The minimum absolute atomic E-state index is 0.0396. The number of carbonyl (C=O) groups excluding carboxylic acids is 1. The number of benzene rings is 2. The van der Waals surface area contributed by atoms with Gasteiger partial charge >= 0.3 is 0 Å². The molecule has 31 heavy (non-hydrogen) atoms. The molecular weight excluding hydrogens is 410 g/mol. The minimum atomic E-state index is -3.51. The Morgan fingerprint density at radius 1 is 0.968 bits per heavy atom. The van der Waals surface area contributed by atoms with E-state index >= 15 is 0 Å². The second-order valence-corrected chi connectivity index (χ2v) is 12.1. The molecule has 0 atom stereocenters. The van der Waals surface area contributed by atoms with Crippen LogP contribution in [-0.4, -0.2) is 25.2 Å². The van der Waals surface area contributed by atoms with Crippen molar-refractivity contribution in [2.45, 2.75) is 77.0 Å². The van der Waals surface area contributed by atoms with E-state index in [0.717, 1.165) is 6.42 Å². The summed E-state index contributed by atoms with van der Waals surface area (Å²) in [7, 11) is -3.51. The molecule has 0 radical (unpaired) electrons. The van der Waals surface area contributed by atoms with E-state index in [2.05, 4.69) is 5.32 Å². The number of unbranched alkanes of at least 4 members (excludes halogenated alkanes) is 1. The van der Waals surface area contributed by atoms with Crippen LogP contribution in [0.25, 0.3) is 0 Å². The van der Waals surface area contributed by atoms with E-state index in [4.69, 9.17) is 0 Å². The second-order valence-electron chi connectivity index (χ2n) is 10.0. The van der Waals surface area contributed by atoms with Gasteiger partial charge in [0.2, 0.25) is 0 Å². The van der Waals surface area contributed by atoms with Gasteiger partial charge in [0.1, 0.15) is 5.75 Å². The zero-order valence-electron chi connectivity index (χ0n) is 19.7. The Balaban J connectivity index is 2.53. The minimum Gasteiger partial charge on any atom is -0.507 e. The average Bonchev–Trinajstić information content (AvgIpc) is 2.65. The highest BCUT2D eigenvalue weighted by Gasteiger charge is 2.28. The zero-order valence-corrected chi connectivity index (χ0v) is 20.5. The molecule has 0 aliphatic heterocycles. The van der Waals surface area contributed by atoms with E-state index < -0.39 is 15.7 Å². The highest BCUT2D eigenvalue weighted by atomic mass is 32.2. The van der Waals surface area contributed by atoms with Crippen molar-refractivity contribution in [3.63, 3.8) is 0 Å². The fourth-order valence-electron chi connectivity index (χ4n) is 3.39. The first-order valence-electron chi connectivity index (χ1n) is 10.7. The molecule has 0 heterocycles. The smallest absolute Gasteiger partial charge is 0.255 e. The van der Waals surface area contributed by atoms with Crippen LogP contribution in [0.1, 0.15) is 82.8 Å². The van der Waals surface area contributed by atoms with Crippen molar-refractivity contribution in [2.24, 2.45) is 0 Å². The Morgan fingerprint density at radius 3 is 1.97 bits per heavy atom. The van der Waals surface area contributed by atoms with Gasteiger partial charge in [-0.05, 0) is 41.5 Å². The molecule has 0 aliphatic carbocycles. The lowest BCUT2D eigenvalue weighted by Gasteiger charge is -2.28. The third-order valence-electron chi connectivity index (χ3n) is 5.23. The summed E-state index contributed by atoms with van der Waals surface area (Å²) in [6, 6.07) is 9.87. The molecule has 0 saturated carbocycles. The Hall–Kier alpha value is -2.34. The van der Waals surface area contributed by atoms with Crippen molar-refractivity contribution >= 4 is 21.4 Å². The maximum absolute atomic E-state index is 13.2. The molecule has 1 amide bonds. The number of amides is 1. The average molecular weight is 446 g/mol. The third-order valence-corrected chi connectivity index (χ3v) is 7.08. The summed E-state index contributed by atoms with van der Waals surface area (Å²) in [5.74, 6) is -0.175. The van der Waals surface area contributed by atoms with Gasteiger partial charge in [0, 0.05) is 16.7 Å². The highest BCUT2D eigenvalue weighted by molar-refractivity contribution is 7.91. The standard InChI is InChI=1S/C25H35NO4S/c1-8-9-14-31(29,30)21-13-11-10-12-20(21)26-23(28)17-15-18(24(2,3)4)22(27)19(16-17)25(5,6)7/h10-13,15-16,27H,8-9,14H2,1-7H3,(H,26,28). The number of phenolic OH excluding ortho intramolecular Hbond substituents is 1. The fourth-order valence-corrected chi connectivity index (χ4v) is 5.02. The second kappa shape index (κ2) is 9.03. The number of phenols is 1. The van der Waals surface area contributed by atoms with Gasteiger partial charge in [0.25, 0.3) is 5.91 Å². The van der Waals surface area contributed by atoms with Crippen LogP contribution < -0.4 is 5.32 Å². The molecule has 2 rings (SSSR count). The summed E-state index contributed by atoms with van der Waals surface area (Å²) in [4.78, 5) is 13.3. The quantitative estimate of drug-likeness (QED) is 0.587. The van der Waals surface area contributed by atoms with Gasteiger partial charge in [0.05, 0.1) is 16.3 Å². The summed E-state index contributed by atoms with van der Waals surface area (Å²) >= 11 is 0. The van der Waals surface area contributed by atoms with Crippen LogP contribution >= 0.6 is 0 Å². The van der Waals surface area contributed by atoms with Gasteiger partial charge < -0.3 is 10.4 Å². The van der Waals surface area contributed by atoms with Crippen LogP contribution in [0.2, 0.25) is 0 Å². The maximum Gasteiger partial charge on any atom is 0.255 e. The highest BCUT2D eigenvalue weighted by Crippen LogP contribution is 2.40. The number of hydrogen-bond donors (Lipinski definition) is 2. The molecule has 170 valence electrons. The molecule has 0 fully saturated rings. The van der Waals surface area contributed by atoms with E-state index in [1.807, 2.05) is 48.5 Å². The first-order chi connectivity index (χ1) is 14.2. The molecule has 0 aromatic heterocycles. The zero-order chi connectivity index (χ0) is 23.6. The molecule has 0 bridgehead atoms. The first-order valence-corrected chi connectivity index (χ1v) is 12.3. The summed E-state index contributed by atoms with van der Waals surface area (Å²) in [6.07, 6.45) is 1.33. The molecule has 5 nitrogen and oxygen atoms in total. The summed E-state index contributed by atoms with van der Waals surface area (Å²) in [5.41, 5.74) is 1.26. The van der Waals surface area contributed by atoms with E-state index in [1.165, 1.54) is 6.07 Å². The van der Waals surface area contributed by atoms with Crippen LogP contribution in [0, 0.1) is 0 Å². The van der Waals surface area contributed by atoms with E-state index in [0.29, 0.717) is 23.1 Å². The predicted octanol–water partition coefficient (Wildman–Crippen LogP) is 5.81. The molecule has 0 unspecified atom stereocenters. The number of rotatable bonds is 6. The molecule has 2 N–H and O–H groups in total.